The Balaban J connectivity index is 1.79. The molecule has 3 rings (SSSR count). The Morgan fingerprint density at radius 1 is 1.43 bits per heavy atom. The van der Waals surface area contributed by atoms with Crippen LogP contribution in [0.3, 0.4) is 0 Å². The van der Waals surface area contributed by atoms with E-state index in [-0.39, 0.29) is 22.3 Å². The fourth-order valence-electron chi connectivity index (χ4n) is 3.35. The Hall–Kier alpha value is -3.29. The molecule has 13 nitrogen and oxygen atoms in total. The minimum Gasteiger partial charge on any atom is -0.427 e. The van der Waals surface area contributed by atoms with Gasteiger partial charge in [-0.05, 0) is 32.6 Å². The fraction of sp³-hybridized carbons (Fsp3) is 0.476. The highest BCUT2D eigenvalue weighted by Crippen LogP contribution is 2.43. The first-order chi connectivity index (χ1) is 17.4. The topological polar surface area (TPSA) is 197 Å². The fourth-order valence-corrected chi connectivity index (χ4v) is 5.97. The third-order valence-corrected chi connectivity index (χ3v) is 8.06. The number of aromatic nitrogens is 1. The van der Waals surface area contributed by atoms with E-state index in [0.29, 0.717) is 5.57 Å². The standard InChI is InChI=1S/C21H24N6O7S3/c1-21(2,3)19(31)34-8-33-18(30)14-9(11(5-22)35-4)6-36-17-13(16(29)27(14)17)25-15(28)12(26-32)10-7-37-20(23)24-10/h7,11,13,17,32H,6,8H2,1-4H3,(H2,23,24)(H,25,28)/b26-12-/t11?,13-,17+/m1/s1. The molecule has 0 radical (unpaired) electrons. The van der Waals surface area contributed by atoms with E-state index in [1.807, 2.05) is 0 Å². The number of ether oxygens (including phenoxy) is 2. The predicted molar refractivity (Wildman–Crippen MR) is 136 cm³/mol. The molecule has 1 unspecified atom stereocenters. The third kappa shape index (κ3) is 5.84. The van der Waals surface area contributed by atoms with Crippen LogP contribution in [0.4, 0.5) is 5.13 Å². The number of β-lactam (4-membered cyclic amide) rings is 1. The van der Waals surface area contributed by atoms with Gasteiger partial charge in [-0.2, -0.15) is 5.26 Å². The van der Waals surface area contributed by atoms with Crippen LogP contribution in [-0.4, -0.2) is 80.0 Å². The number of hydrogen-bond donors (Lipinski definition) is 3. The molecule has 2 aliphatic heterocycles. The average molecular weight is 569 g/mol. The highest BCUT2D eigenvalue weighted by atomic mass is 32.2. The number of hydrogen-bond acceptors (Lipinski definition) is 14. The Bertz CT molecular complexity index is 1220. The second kappa shape index (κ2) is 11.4. The molecule has 0 saturated carbocycles. The average Bonchev–Trinajstić information content (AvgIpc) is 3.28. The highest BCUT2D eigenvalue weighted by molar-refractivity contribution is 8.01. The summed E-state index contributed by atoms with van der Waals surface area (Å²) in [7, 11) is 0. The summed E-state index contributed by atoms with van der Waals surface area (Å²) >= 11 is 3.47. The first-order valence-corrected chi connectivity index (χ1v) is 13.8. The summed E-state index contributed by atoms with van der Waals surface area (Å²) in [6, 6.07) is 1.04. The molecule has 0 aliphatic carbocycles. The summed E-state index contributed by atoms with van der Waals surface area (Å²) in [5, 5.41) is 24.5. The van der Waals surface area contributed by atoms with Gasteiger partial charge in [0.15, 0.2) is 10.8 Å². The number of nitrogen functional groups attached to an aromatic ring is 1. The molecule has 16 heteroatoms. The van der Waals surface area contributed by atoms with Crippen molar-refractivity contribution in [1.29, 1.82) is 5.26 Å². The number of nitrogens with one attached hydrogen (secondary N) is 1. The molecular formula is C21H24N6O7S3. The summed E-state index contributed by atoms with van der Waals surface area (Å²) in [6.45, 7) is 4.25. The van der Waals surface area contributed by atoms with Gasteiger partial charge in [0.2, 0.25) is 6.79 Å². The van der Waals surface area contributed by atoms with Gasteiger partial charge in [-0.25, -0.2) is 9.78 Å². The first kappa shape index (κ1) is 28.3. The van der Waals surface area contributed by atoms with E-state index in [1.54, 1.807) is 27.0 Å². The maximum Gasteiger partial charge on any atom is 0.358 e. The lowest BCUT2D eigenvalue weighted by Crippen LogP contribution is -2.71. The number of nitriles is 1. The van der Waals surface area contributed by atoms with Gasteiger partial charge in [0.25, 0.3) is 11.8 Å². The van der Waals surface area contributed by atoms with Crippen molar-refractivity contribution in [2.75, 3.05) is 24.5 Å². The van der Waals surface area contributed by atoms with E-state index in [9.17, 15) is 29.6 Å². The molecular weight excluding hydrogens is 544 g/mol. The smallest absolute Gasteiger partial charge is 0.358 e. The molecule has 1 saturated heterocycles. The summed E-state index contributed by atoms with van der Waals surface area (Å²) in [5.41, 5.74) is 4.61. The van der Waals surface area contributed by atoms with Gasteiger partial charge in [0, 0.05) is 11.1 Å². The Morgan fingerprint density at radius 2 is 2.14 bits per heavy atom. The van der Waals surface area contributed by atoms with Crippen LogP contribution in [0.5, 0.6) is 0 Å². The summed E-state index contributed by atoms with van der Waals surface area (Å²) in [5.74, 6) is -2.81. The van der Waals surface area contributed by atoms with Crippen LogP contribution in [0.25, 0.3) is 0 Å². The van der Waals surface area contributed by atoms with Crippen LogP contribution >= 0.6 is 34.9 Å². The molecule has 3 heterocycles. The van der Waals surface area contributed by atoms with Gasteiger partial charge in [0.05, 0.1) is 11.5 Å². The van der Waals surface area contributed by atoms with Gasteiger partial charge < -0.3 is 25.7 Å². The van der Waals surface area contributed by atoms with Gasteiger partial charge in [-0.1, -0.05) is 5.16 Å². The summed E-state index contributed by atoms with van der Waals surface area (Å²) < 4.78 is 10.1. The van der Waals surface area contributed by atoms with Crippen molar-refractivity contribution in [2.24, 2.45) is 10.6 Å². The molecule has 37 heavy (non-hydrogen) atoms. The van der Waals surface area contributed by atoms with Gasteiger partial charge in [0.1, 0.15) is 28.1 Å². The predicted octanol–water partition coefficient (Wildman–Crippen LogP) is 0.903. The number of carbonyl (C=O) groups excluding carboxylic acids is 4. The molecule has 1 aromatic rings. The zero-order chi connectivity index (χ0) is 27.5. The van der Waals surface area contributed by atoms with E-state index in [0.717, 1.165) is 16.2 Å². The number of carbonyl (C=O) groups is 4. The quantitative estimate of drug-likeness (QED) is 0.100. The normalized spacial score (nSPS) is 20.4. The van der Waals surface area contributed by atoms with E-state index in [2.05, 4.69) is 21.5 Å². The number of esters is 2. The lowest BCUT2D eigenvalue weighted by atomic mass is 9.98. The SMILES string of the molecule is CSC(C#N)C1=C(C(=O)OCOC(=O)C(C)(C)C)N2C(=O)[C@@H](NC(=O)/C(=N\O)c3csc(N)n3)[C@@H]2SC1. The number of rotatable bonds is 8. The lowest BCUT2D eigenvalue weighted by molar-refractivity contribution is -0.173. The number of oxime groups is 1. The van der Waals surface area contributed by atoms with Crippen molar-refractivity contribution < 1.29 is 33.9 Å². The zero-order valence-electron chi connectivity index (χ0n) is 20.2. The van der Waals surface area contributed by atoms with Crippen LogP contribution < -0.4 is 11.1 Å². The number of amides is 2. The van der Waals surface area contributed by atoms with Gasteiger partial charge in [-0.3, -0.25) is 19.3 Å². The minimum atomic E-state index is -1.05. The lowest BCUT2D eigenvalue weighted by Gasteiger charge is -2.50. The Labute approximate surface area is 224 Å². The Morgan fingerprint density at radius 3 is 2.68 bits per heavy atom. The van der Waals surface area contributed by atoms with Crippen LogP contribution in [0.15, 0.2) is 21.8 Å². The minimum absolute atomic E-state index is 0.0375. The number of nitrogens with zero attached hydrogens (tertiary/aromatic N) is 4. The number of anilines is 1. The summed E-state index contributed by atoms with van der Waals surface area (Å²) in [4.78, 5) is 55.9. The second-order valence-corrected chi connectivity index (χ2v) is 11.7. The molecule has 3 atom stereocenters. The molecule has 1 aromatic heterocycles. The molecule has 0 bridgehead atoms. The van der Waals surface area contributed by atoms with Crippen LogP contribution in [0, 0.1) is 16.7 Å². The van der Waals surface area contributed by atoms with E-state index in [4.69, 9.17) is 15.2 Å². The maximum absolute atomic E-state index is 13.1. The van der Waals surface area contributed by atoms with E-state index in [1.165, 1.54) is 28.9 Å². The van der Waals surface area contributed by atoms with E-state index < -0.39 is 58.3 Å². The Kier molecular flexibility index (Phi) is 8.72. The van der Waals surface area contributed by atoms with Crippen molar-refractivity contribution in [1.82, 2.24) is 15.2 Å². The van der Waals surface area contributed by atoms with Crippen molar-refractivity contribution in [3.05, 3.63) is 22.3 Å². The largest absolute Gasteiger partial charge is 0.427 e. The van der Waals surface area contributed by atoms with Crippen LogP contribution in [0.1, 0.15) is 26.5 Å². The zero-order valence-corrected chi connectivity index (χ0v) is 22.7. The van der Waals surface area contributed by atoms with Crippen molar-refractivity contribution in [3.63, 3.8) is 0 Å². The molecule has 1 fully saturated rings. The van der Waals surface area contributed by atoms with E-state index >= 15 is 0 Å². The second-order valence-electron chi connectivity index (χ2n) is 8.73. The van der Waals surface area contributed by atoms with Crippen molar-refractivity contribution in [2.45, 2.75) is 37.4 Å². The molecule has 0 spiro atoms. The number of thioether (sulfide) groups is 2. The molecule has 0 aromatic carbocycles. The van der Waals surface area contributed by atoms with Crippen LogP contribution in [0.2, 0.25) is 0 Å². The van der Waals surface area contributed by atoms with Crippen LogP contribution in [-0.2, 0) is 28.7 Å². The highest BCUT2D eigenvalue weighted by Gasteiger charge is 2.55. The van der Waals surface area contributed by atoms with Gasteiger partial charge in [-0.15, -0.1) is 34.9 Å². The molecule has 198 valence electrons. The summed E-state index contributed by atoms with van der Waals surface area (Å²) in [6.07, 6.45) is 1.69. The maximum atomic E-state index is 13.1. The number of fused-ring (bicyclic) bond motifs is 1. The van der Waals surface area contributed by atoms with Crippen molar-refractivity contribution in [3.8, 4) is 6.07 Å². The van der Waals surface area contributed by atoms with Crippen molar-refractivity contribution >= 4 is 69.5 Å². The monoisotopic (exact) mass is 568 g/mol. The molecule has 4 N–H and O–H groups in total. The molecule has 2 aliphatic rings. The number of thiazole rings is 1. The molecule has 2 amide bonds. The number of nitrogens with two attached hydrogens (primary N) is 1. The van der Waals surface area contributed by atoms with Gasteiger partial charge >= 0.3 is 11.9 Å². The third-order valence-electron chi connectivity index (χ3n) is 5.22. The first-order valence-electron chi connectivity index (χ1n) is 10.6.